The Bertz CT molecular complexity index is 1120. The van der Waals surface area contributed by atoms with E-state index in [1.807, 2.05) is 6.92 Å². The van der Waals surface area contributed by atoms with E-state index >= 15 is 0 Å². The molecule has 0 aromatic carbocycles. The fraction of sp³-hybridized carbons (Fsp3) is 0.853. The van der Waals surface area contributed by atoms with Gasteiger partial charge in [-0.2, -0.15) is 0 Å². The average molecular weight is 557 g/mol. The molecule has 40 heavy (non-hydrogen) atoms. The zero-order valence-electron chi connectivity index (χ0n) is 26.4. The van der Waals surface area contributed by atoms with Crippen LogP contribution in [0.5, 0.6) is 0 Å². The first-order valence-corrected chi connectivity index (χ1v) is 15.6. The zero-order chi connectivity index (χ0) is 29.5. The van der Waals surface area contributed by atoms with Crippen molar-refractivity contribution < 1.29 is 28.6 Å². The number of methoxy groups -OCH3 is 2. The van der Waals surface area contributed by atoms with Crippen LogP contribution in [0.15, 0.2) is 11.6 Å². The lowest BCUT2D eigenvalue weighted by Gasteiger charge is -2.71. The van der Waals surface area contributed by atoms with E-state index < -0.39 is 10.8 Å². The van der Waals surface area contributed by atoms with Gasteiger partial charge >= 0.3 is 17.9 Å². The first kappa shape index (κ1) is 29.6. The predicted molar refractivity (Wildman–Crippen MR) is 153 cm³/mol. The van der Waals surface area contributed by atoms with E-state index in [2.05, 4.69) is 40.7 Å². The molecule has 0 spiro atoms. The first-order chi connectivity index (χ1) is 18.6. The largest absolute Gasteiger partial charge is 0.469 e. The van der Waals surface area contributed by atoms with E-state index in [9.17, 15) is 14.4 Å². The van der Waals surface area contributed by atoms with Gasteiger partial charge in [0.15, 0.2) is 0 Å². The predicted octanol–water partition coefficient (Wildman–Crippen LogP) is 7.05. The maximum absolute atomic E-state index is 13.5. The molecule has 5 aliphatic carbocycles. The fourth-order valence-corrected chi connectivity index (χ4v) is 11.5. The lowest BCUT2D eigenvalue weighted by molar-refractivity contribution is -0.214. The van der Waals surface area contributed by atoms with Crippen LogP contribution in [-0.4, -0.2) is 38.2 Å². The van der Waals surface area contributed by atoms with Crippen molar-refractivity contribution in [2.24, 2.45) is 50.2 Å². The highest BCUT2D eigenvalue weighted by Crippen LogP contribution is 2.76. The normalized spacial score (nSPS) is 47.3. The molecule has 224 valence electrons. The van der Waals surface area contributed by atoms with Crippen LogP contribution in [0.25, 0.3) is 0 Å². The van der Waals surface area contributed by atoms with Gasteiger partial charge in [0.2, 0.25) is 0 Å². The molecule has 0 aliphatic heterocycles. The molecule has 5 rings (SSSR count). The van der Waals surface area contributed by atoms with Crippen molar-refractivity contribution in [3.63, 3.8) is 0 Å². The van der Waals surface area contributed by atoms with Gasteiger partial charge < -0.3 is 14.2 Å². The first-order valence-electron chi connectivity index (χ1n) is 15.6. The minimum atomic E-state index is -0.601. The molecule has 0 unspecified atom stereocenters. The molecule has 0 amide bonds. The van der Waals surface area contributed by atoms with Crippen molar-refractivity contribution in [1.82, 2.24) is 0 Å². The summed E-state index contributed by atoms with van der Waals surface area (Å²) in [5.74, 6) is 0.509. The van der Waals surface area contributed by atoms with Gasteiger partial charge in [0.1, 0.15) is 6.10 Å². The average Bonchev–Trinajstić information content (AvgIpc) is 2.89. The van der Waals surface area contributed by atoms with Gasteiger partial charge in [0.05, 0.1) is 25.0 Å². The third-order valence-electron chi connectivity index (χ3n) is 13.9. The fourth-order valence-electron chi connectivity index (χ4n) is 11.5. The lowest BCUT2D eigenvalue weighted by Crippen LogP contribution is -2.65. The van der Waals surface area contributed by atoms with Gasteiger partial charge in [-0.3, -0.25) is 14.4 Å². The number of carbonyl (C=O) groups is 3. The Morgan fingerprint density at radius 2 is 1.45 bits per heavy atom. The Morgan fingerprint density at radius 1 is 0.800 bits per heavy atom. The molecular formula is C34H52O6. The van der Waals surface area contributed by atoms with Crippen LogP contribution >= 0.6 is 0 Å². The van der Waals surface area contributed by atoms with Gasteiger partial charge in [-0.25, -0.2) is 0 Å². The third kappa shape index (κ3) is 3.75. The molecule has 0 aromatic rings. The summed E-state index contributed by atoms with van der Waals surface area (Å²) >= 11 is 0. The van der Waals surface area contributed by atoms with Crippen LogP contribution in [0.4, 0.5) is 0 Å². The maximum Gasteiger partial charge on any atom is 0.312 e. The Kier molecular flexibility index (Phi) is 6.91. The van der Waals surface area contributed by atoms with E-state index in [0.29, 0.717) is 31.1 Å². The van der Waals surface area contributed by atoms with E-state index in [4.69, 9.17) is 14.2 Å². The minimum absolute atomic E-state index is 0.0176. The molecule has 0 saturated heterocycles. The second-order valence-electron chi connectivity index (χ2n) is 15.7. The van der Waals surface area contributed by atoms with Gasteiger partial charge in [-0.15, -0.1) is 0 Å². The van der Waals surface area contributed by atoms with Gasteiger partial charge in [-0.1, -0.05) is 46.3 Å². The highest BCUT2D eigenvalue weighted by atomic mass is 16.5. The summed E-state index contributed by atoms with van der Waals surface area (Å²) in [7, 11) is 2.99. The van der Waals surface area contributed by atoms with E-state index in [1.165, 1.54) is 26.7 Å². The molecule has 4 fully saturated rings. The summed E-state index contributed by atoms with van der Waals surface area (Å²) in [6, 6.07) is 0. The molecule has 0 bridgehead atoms. The Morgan fingerprint density at radius 3 is 2.08 bits per heavy atom. The van der Waals surface area contributed by atoms with Crippen LogP contribution in [0, 0.1) is 50.2 Å². The molecule has 4 saturated carbocycles. The minimum Gasteiger partial charge on any atom is -0.469 e. The number of hydrogen-bond acceptors (Lipinski definition) is 6. The van der Waals surface area contributed by atoms with E-state index in [0.717, 1.165) is 44.9 Å². The second kappa shape index (κ2) is 9.33. The topological polar surface area (TPSA) is 78.9 Å². The van der Waals surface area contributed by atoms with Crippen LogP contribution in [0.1, 0.15) is 113 Å². The number of fused-ring (bicyclic) bond motifs is 7. The van der Waals surface area contributed by atoms with Crippen molar-refractivity contribution >= 4 is 17.9 Å². The van der Waals surface area contributed by atoms with Crippen LogP contribution < -0.4 is 0 Å². The van der Waals surface area contributed by atoms with Gasteiger partial charge in [-0.05, 0) is 105 Å². The summed E-state index contributed by atoms with van der Waals surface area (Å²) in [6.07, 6.45) is 11.4. The molecule has 0 radical (unpaired) electrons. The van der Waals surface area contributed by atoms with Crippen LogP contribution in [0.3, 0.4) is 0 Å². The molecule has 0 aromatic heterocycles. The Labute approximate surface area is 241 Å². The zero-order valence-corrected chi connectivity index (χ0v) is 26.4. The summed E-state index contributed by atoms with van der Waals surface area (Å²) in [6.45, 7) is 15.7. The molecule has 0 N–H and O–H groups in total. The van der Waals surface area contributed by atoms with Gasteiger partial charge in [0.25, 0.3) is 0 Å². The summed E-state index contributed by atoms with van der Waals surface area (Å²) < 4.78 is 16.6. The Balaban J connectivity index is 1.56. The maximum atomic E-state index is 13.5. The highest BCUT2D eigenvalue weighted by molar-refractivity contribution is 5.81. The second-order valence-corrected chi connectivity index (χ2v) is 15.7. The lowest BCUT2D eigenvalue weighted by atomic mass is 9.33. The SMILES string of the molecule is COC(=O)[C@@]1(C)CC[C@]2(C(=O)OC)CC[C@]3(C)C(=CC[C@@H]4[C@@]5(C)CC[C@H](OC(C)=O)C(C)(C)[C@@H]5CC[C@]43C)[C@@H]2C1. The van der Waals surface area contributed by atoms with Crippen molar-refractivity contribution in [2.45, 2.75) is 119 Å². The van der Waals surface area contributed by atoms with E-state index in [-0.39, 0.29) is 51.6 Å². The number of allylic oxidation sites excluding steroid dienone is 2. The van der Waals surface area contributed by atoms with Crippen molar-refractivity contribution in [1.29, 1.82) is 0 Å². The van der Waals surface area contributed by atoms with E-state index in [1.54, 1.807) is 0 Å². The molecule has 6 heteroatoms. The van der Waals surface area contributed by atoms with Crippen molar-refractivity contribution in [2.75, 3.05) is 14.2 Å². The quantitative estimate of drug-likeness (QED) is 0.211. The monoisotopic (exact) mass is 556 g/mol. The number of rotatable bonds is 3. The summed E-state index contributed by atoms with van der Waals surface area (Å²) in [5, 5.41) is 0. The third-order valence-corrected chi connectivity index (χ3v) is 13.9. The molecule has 9 atom stereocenters. The molecule has 0 heterocycles. The van der Waals surface area contributed by atoms with Crippen LogP contribution in [0.2, 0.25) is 0 Å². The van der Waals surface area contributed by atoms with Crippen molar-refractivity contribution in [3.8, 4) is 0 Å². The van der Waals surface area contributed by atoms with Gasteiger partial charge in [0, 0.05) is 12.3 Å². The number of carbonyl (C=O) groups excluding carboxylic acids is 3. The van der Waals surface area contributed by atoms with Crippen LogP contribution in [-0.2, 0) is 28.6 Å². The van der Waals surface area contributed by atoms with Crippen molar-refractivity contribution in [3.05, 3.63) is 11.6 Å². The smallest absolute Gasteiger partial charge is 0.312 e. The molecule has 5 aliphatic rings. The number of ether oxygens (including phenoxy) is 3. The summed E-state index contributed by atoms with van der Waals surface area (Å²) in [5.41, 5.74) is 0.308. The number of esters is 3. The Hall–Kier alpha value is -1.85. The standard InChI is InChI=1S/C34H52O6/c1-21(35)40-26-13-14-31(5)24(29(26,2)3)12-15-33(7)25(31)11-10-22-23-20-30(4,27(36)38-8)16-18-34(23,28(37)39-9)19-17-32(22,33)6/h10,23-26H,11-20H2,1-9H3/t23-,24-,25+,26-,30-,31-,32+,33+,34-/m0/s1. The molecule has 6 nitrogen and oxygen atoms in total. The molecular weight excluding hydrogens is 504 g/mol. The number of hydrogen-bond donors (Lipinski definition) is 0. The summed E-state index contributed by atoms with van der Waals surface area (Å²) in [4.78, 5) is 38.5. The highest BCUT2D eigenvalue weighted by Gasteiger charge is 2.70.